The molecule has 148 valence electrons. The van der Waals surface area contributed by atoms with Gasteiger partial charge in [-0.05, 0) is 55.0 Å². The van der Waals surface area contributed by atoms with Crippen LogP contribution in [0.25, 0.3) is 0 Å². The number of benzene rings is 2. The van der Waals surface area contributed by atoms with E-state index in [4.69, 9.17) is 0 Å². The summed E-state index contributed by atoms with van der Waals surface area (Å²) in [5, 5.41) is 2.80. The fourth-order valence-corrected chi connectivity index (χ4v) is 3.49. The molecule has 1 saturated heterocycles. The number of hydrogen-bond donors (Lipinski definition) is 1. The molecule has 2 aromatic carbocycles. The summed E-state index contributed by atoms with van der Waals surface area (Å²) in [6.45, 7) is 3.16. The van der Waals surface area contributed by atoms with Crippen LogP contribution in [0.4, 0.5) is 10.1 Å². The van der Waals surface area contributed by atoms with E-state index in [0.29, 0.717) is 31.7 Å². The van der Waals surface area contributed by atoms with Crippen LogP contribution in [0.15, 0.2) is 53.0 Å². The maximum Gasteiger partial charge on any atom is 0.251 e. The van der Waals surface area contributed by atoms with Gasteiger partial charge in [0.05, 0.1) is 0 Å². The second-order valence-corrected chi connectivity index (χ2v) is 7.63. The Hall–Kier alpha value is -2.41. The van der Waals surface area contributed by atoms with Gasteiger partial charge in [-0.1, -0.05) is 15.9 Å². The zero-order valence-electron chi connectivity index (χ0n) is 15.5. The molecule has 7 heteroatoms. The molecule has 0 aromatic heterocycles. The summed E-state index contributed by atoms with van der Waals surface area (Å²) < 4.78 is 14.0. The average Bonchev–Trinajstić information content (AvgIpc) is 2.95. The Kier molecular flexibility index (Phi) is 7.03. The zero-order valence-corrected chi connectivity index (χ0v) is 17.1. The van der Waals surface area contributed by atoms with Gasteiger partial charge in [0.15, 0.2) is 0 Å². The van der Waals surface area contributed by atoms with E-state index in [1.54, 1.807) is 24.3 Å². The molecule has 1 fully saturated rings. The van der Waals surface area contributed by atoms with Crippen molar-refractivity contribution in [3.63, 3.8) is 0 Å². The molecule has 0 bridgehead atoms. The maximum absolute atomic E-state index is 13.1. The Morgan fingerprint density at radius 2 is 1.68 bits per heavy atom. The predicted octanol–water partition coefficient (Wildman–Crippen LogP) is 3.45. The molecular weight excluding hydrogens is 425 g/mol. The summed E-state index contributed by atoms with van der Waals surface area (Å²) >= 11 is 3.34. The van der Waals surface area contributed by atoms with Gasteiger partial charge < -0.3 is 15.1 Å². The molecule has 1 aliphatic rings. The van der Waals surface area contributed by atoms with Crippen molar-refractivity contribution in [3.8, 4) is 0 Å². The number of nitrogens with zero attached hydrogens (tertiary/aromatic N) is 2. The minimum atomic E-state index is -0.249. The van der Waals surface area contributed by atoms with Gasteiger partial charge in [0.2, 0.25) is 5.91 Å². The van der Waals surface area contributed by atoms with Crippen molar-refractivity contribution in [1.29, 1.82) is 0 Å². The summed E-state index contributed by atoms with van der Waals surface area (Å²) in [7, 11) is 0. The van der Waals surface area contributed by atoms with Crippen molar-refractivity contribution in [2.45, 2.75) is 12.8 Å². The summed E-state index contributed by atoms with van der Waals surface area (Å²) in [4.78, 5) is 28.6. The molecule has 5 nitrogen and oxygen atoms in total. The molecule has 2 amide bonds. The lowest BCUT2D eigenvalue weighted by Gasteiger charge is -2.23. The lowest BCUT2D eigenvalue weighted by Crippen LogP contribution is -2.37. The number of amides is 2. The van der Waals surface area contributed by atoms with Gasteiger partial charge in [-0.15, -0.1) is 0 Å². The molecule has 2 aromatic rings. The average molecular weight is 448 g/mol. The van der Waals surface area contributed by atoms with Crippen LogP contribution in [0.3, 0.4) is 0 Å². The van der Waals surface area contributed by atoms with Crippen LogP contribution in [0, 0.1) is 5.82 Å². The summed E-state index contributed by atoms with van der Waals surface area (Å²) in [5.74, 6) is -0.392. The third-order valence-electron chi connectivity index (χ3n) is 4.77. The van der Waals surface area contributed by atoms with Crippen LogP contribution < -0.4 is 10.2 Å². The standard InChI is InChI=1S/C21H23BrFN3O2/c22-17-4-2-16(3-5-17)21(28)24-11-10-20(27)26-13-1-12-25(14-15-26)19-8-6-18(23)7-9-19/h2-9H,1,10-15H2,(H,24,28). The van der Waals surface area contributed by atoms with E-state index in [1.807, 2.05) is 17.0 Å². The molecule has 1 N–H and O–H groups in total. The van der Waals surface area contributed by atoms with Gasteiger partial charge >= 0.3 is 0 Å². The number of carbonyl (C=O) groups is 2. The molecule has 0 unspecified atom stereocenters. The van der Waals surface area contributed by atoms with E-state index in [-0.39, 0.29) is 24.1 Å². The second kappa shape index (κ2) is 9.68. The van der Waals surface area contributed by atoms with E-state index in [1.165, 1.54) is 12.1 Å². The highest BCUT2D eigenvalue weighted by atomic mass is 79.9. The van der Waals surface area contributed by atoms with Crippen LogP contribution in [-0.2, 0) is 4.79 Å². The smallest absolute Gasteiger partial charge is 0.251 e. The highest BCUT2D eigenvalue weighted by Crippen LogP contribution is 2.17. The van der Waals surface area contributed by atoms with E-state index < -0.39 is 0 Å². The van der Waals surface area contributed by atoms with Crippen LogP contribution in [-0.4, -0.2) is 49.4 Å². The number of rotatable bonds is 5. The molecule has 1 heterocycles. The minimum absolute atomic E-state index is 0.0389. The SMILES string of the molecule is O=C(NCCC(=O)N1CCCN(c2ccc(F)cc2)CC1)c1ccc(Br)cc1. The third-order valence-corrected chi connectivity index (χ3v) is 5.30. The van der Waals surface area contributed by atoms with Crippen molar-refractivity contribution in [2.75, 3.05) is 37.6 Å². The molecule has 1 aliphatic heterocycles. The topological polar surface area (TPSA) is 52.7 Å². The van der Waals surface area contributed by atoms with Gasteiger partial charge in [0, 0.05) is 54.9 Å². The Bertz CT molecular complexity index is 811. The fraction of sp³-hybridized carbons (Fsp3) is 0.333. The predicted molar refractivity (Wildman–Crippen MR) is 111 cm³/mol. The maximum atomic E-state index is 13.1. The molecule has 28 heavy (non-hydrogen) atoms. The largest absolute Gasteiger partial charge is 0.370 e. The second-order valence-electron chi connectivity index (χ2n) is 6.71. The Balaban J connectivity index is 1.45. The summed E-state index contributed by atoms with van der Waals surface area (Å²) in [5.41, 5.74) is 1.54. The highest BCUT2D eigenvalue weighted by molar-refractivity contribution is 9.10. The first-order chi connectivity index (χ1) is 13.5. The molecule has 0 saturated carbocycles. The normalized spacial score (nSPS) is 14.5. The van der Waals surface area contributed by atoms with Crippen molar-refractivity contribution >= 4 is 33.4 Å². The summed E-state index contributed by atoms with van der Waals surface area (Å²) in [6.07, 6.45) is 1.13. The lowest BCUT2D eigenvalue weighted by atomic mass is 10.2. The van der Waals surface area contributed by atoms with Gasteiger partial charge in [-0.3, -0.25) is 9.59 Å². The van der Waals surface area contributed by atoms with Crippen molar-refractivity contribution in [1.82, 2.24) is 10.2 Å². The molecular formula is C21H23BrFN3O2. The van der Waals surface area contributed by atoms with E-state index in [0.717, 1.165) is 23.1 Å². The molecule has 3 rings (SSSR count). The van der Waals surface area contributed by atoms with Crippen LogP contribution in [0.1, 0.15) is 23.2 Å². The number of anilines is 1. The lowest BCUT2D eigenvalue weighted by molar-refractivity contribution is -0.130. The van der Waals surface area contributed by atoms with Crippen LogP contribution in [0.5, 0.6) is 0 Å². The van der Waals surface area contributed by atoms with Gasteiger partial charge in [-0.25, -0.2) is 4.39 Å². The Morgan fingerprint density at radius 3 is 2.39 bits per heavy atom. The van der Waals surface area contributed by atoms with Crippen molar-refractivity contribution < 1.29 is 14.0 Å². The Morgan fingerprint density at radius 1 is 0.964 bits per heavy atom. The number of nitrogens with one attached hydrogen (secondary N) is 1. The van der Waals surface area contributed by atoms with Crippen molar-refractivity contribution in [2.24, 2.45) is 0 Å². The quantitative estimate of drug-likeness (QED) is 0.763. The Labute approximate surface area is 172 Å². The van der Waals surface area contributed by atoms with Crippen LogP contribution >= 0.6 is 15.9 Å². The van der Waals surface area contributed by atoms with E-state index in [9.17, 15) is 14.0 Å². The summed E-state index contributed by atoms with van der Waals surface area (Å²) in [6, 6.07) is 13.5. The number of carbonyl (C=O) groups excluding carboxylic acids is 2. The number of halogens is 2. The first kappa shape index (κ1) is 20.3. The van der Waals surface area contributed by atoms with Crippen molar-refractivity contribution in [3.05, 3.63) is 64.4 Å². The first-order valence-corrected chi connectivity index (χ1v) is 10.1. The first-order valence-electron chi connectivity index (χ1n) is 9.35. The van der Waals surface area contributed by atoms with Gasteiger partial charge in [0.25, 0.3) is 5.91 Å². The zero-order chi connectivity index (χ0) is 19.9. The molecule has 0 aliphatic carbocycles. The van der Waals surface area contributed by atoms with Gasteiger partial charge in [0.1, 0.15) is 5.82 Å². The molecule has 0 atom stereocenters. The van der Waals surface area contributed by atoms with E-state index >= 15 is 0 Å². The fourth-order valence-electron chi connectivity index (χ4n) is 3.22. The molecule has 0 spiro atoms. The third kappa shape index (κ3) is 5.55. The minimum Gasteiger partial charge on any atom is -0.370 e. The van der Waals surface area contributed by atoms with Crippen LogP contribution in [0.2, 0.25) is 0 Å². The van der Waals surface area contributed by atoms with Gasteiger partial charge in [-0.2, -0.15) is 0 Å². The van der Waals surface area contributed by atoms with E-state index in [2.05, 4.69) is 26.1 Å². The highest BCUT2D eigenvalue weighted by Gasteiger charge is 2.19. The molecule has 0 radical (unpaired) electrons. The monoisotopic (exact) mass is 447 g/mol. The number of hydrogen-bond acceptors (Lipinski definition) is 3.